The van der Waals surface area contributed by atoms with E-state index in [-0.39, 0.29) is 5.91 Å². The zero-order chi connectivity index (χ0) is 19.1. The fraction of sp³-hybridized carbons (Fsp3) is 0.227. The first kappa shape index (κ1) is 17.1. The molecule has 5 rings (SSSR count). The van der Waals surface area contributed by atoms with E-state index >= 15 is 0 Å². The molecule has 0 spiro atoms. The van der Waals surface area contributed by atoms with E-state index in [1.54, 1.807) is 6.20 Å². The van der Waals surface area contributed by atoms with E-state index in [2.05, 4.69) is 36.2 Å². The van der Waals surface area contributed by atoms with Crippen LogP contribution in [0.5, 0.6) is 0 Å². The first-order valence-electron chi connectivity index (χ1n) is 9.43. The first-order valence-corrected chi connectivity index (χ1v) is 10.3. The van der Waals surface area contributed by atoms with Gasteiger partial charge in [-0.25, -0.2) is 4.98 Å². The van der Waals surface area contributed by atoms with Crippen molar-refractivity contribution in [2.75, 3.05) is 0 Å². The number of pyridine rings is 1. The fourth-order valence-corrected chi connectivity index (χ4v) is 4.21. The van der Waals surface area contributed by atoms with Crippen LogP contribution in [-0.2, 0) is 6.54 Å². The third-order valence-electron chi connectivity index (χ3n) is 5.08. The third-order valence-corrected chi connectivity index (χ3v) is 5.92. The number of thiazole rings is 1. The van der Waals surface area contributed by atoms with Gasteiger partial charge in [-0.1, -0.05) is 35.9 Å². The second-order valence-corrected chi connectivity index (χ2v) is 8.09. The monoisotopic (exact) mass is 388 g/mol. The Bertz CT molecular complexity index is 1130. The van der Waals surface area contributed by atoms with Crippen LogP contribution in [0.15, 0.2) is 60.2 Å². The summed E-state index contributed by atoms with van der Waals surface area (Å²) in [7, 11) is 0. The molecule has 0 bridgehead atoms. The first-order chi connectivity index (χ1) is 13.7. The van der Waals surface area contributed by atoms with Crippen molar-refractivity contribution in [2.45, 2.75) is 32.4 Å². The lowest BCUT2D eigenvalue weighted by Crippen LogP contribution is -2.33. The number of fused-ring (bicyclic) bond motifs is 1. The van der Waals surface area contributed by atoms with Crippen molar-refractivity contribution in [1.82, 2.24) is 19.3 Å². The SMILES string of the molecule is Cc1ccc(-c2cn3c(C(=O)N(Cc4ccccn4)C4CC4)csc3n2)cc1. The number of hydrogen-bond acceptors (Lipinski definition) is 4. The van der Waals surface area contributed by atoms with Crippen molar-refractivity contribution in [3.63, 3.8) is 0 Å². The van der Waals surface area contributed by atoms with E-state index in [1.165, 1.54) is 16.9 Å². The lowest BCUT2D eigenvalue weighted by molar-refractivity contribution is 0.0721. The summed E-state index contributed by atoms with van der Waals surface area (Å²) in [5.74, 6) is 0.0484. The predicted octanol–water partition coefficient (Wildman–Crippen LogP) is 4.57. The molecule has 0 saturated heterocycles. The van der Waals surface area contributed by atoms with Gasteiger partial charge in [0, 0.05) is 29.4 Å². The summed E-state index contributed by atoms with van der Waals surface area (Å²) in [6.45, 7) is 2.61. The van der Waals surface area contributed by atoms with Crippen LogP contribution in [0.3, 0.4) is 0 Å². The average molecular weight is 388 g/mol. The van der Waals surface area contributed by atoms with E-state index < -0.39 is 0 Å². The molecule has 4 aromatic rings. The van der Waals surface area contributed by atoms with Crippen LogP contribution in [0, 0.1) is 6.92 Å². The predicted molar refractivity (Wildman–Crippen MR) is 110 cm³/mol. The van der Waals surface area contributed by atoms with E-state index in [0.717, 1.165) is 34.8 Å². The van der Waals surface area contributed by atoms with E-state index in [4.69, 9.17) is 4.98 Å². The van der Waals surface area contributed by atoms with Gasteiger partial charge in [0.2, 0.25) is 0 Å². The Labute approximate surface area is 167 Å². The van der Waals surface area contributed by atoms with Crippen molar-refractivity contribution in [2.24, 2.45) is 0 Å². The molecule has 0 radical (unpaired) electrons. The molecular formula is C22H20N4OS. The molecule has 0 N–H and O–H groups in total. The number of hydrogen-bond donors (Lipinski definition) is 0. The summed E-state index contributed by atoms with van der Waals surface area (Å²) in [6.07, 6.45) is 5.86. The Kier molecular flexibility index (Phi) is 4.20. The molecule has 0 aliphatic heterocycles. The van der Waals surface area contributed by atoms with Crippen molar-refractivity contribution >= 4 is 22.2 Å². The minimum Gasteiger partial charge on any atom is -0.328 e. The molecule has 0 unspecified atom stereocenters. The molecule has 1 amide bonds. The van der Waals surface area contributed by atoms with Crippen molar-refractivity contribution in [3.05, 3.63) is 77.2 Å². The molecule has 1 aliphatic carbocycles. The maximum atomic E-state index is 13.4. The smallest absolute Gasteiger partial charge is 0.272 e. The van der Waals surface area contributed by atoms with E-state index in [1.807, 2.05) is 39.1 Å². The highest BCUT2D eigenvalue weighted by atomic mass is 32.1. The number of benzene rings is 1. The maximum Gasteiger partial charge on any atom is 0.272 e. The normalized spacial score (nSPS) is 13.8. The molecule has 1 aliphatic rings. The Morgan fingerprint density at radius 1 is 1.21 bits per heavy atom. The Hall–Kier alpha value is -2.99. The van der Waals surface area contributed by atoms with Gasteiger partial charge in [-0.05, 0) is 31.9 Å². The van der Waals surface area contributed by atoms with Crippen LogP contribution >= 0.6 is 11.3 Å². The fourth-order valence-electron chi connectivity index (χ4n) is 3.37. The van der Waals surface area contributed by atoms with E-state index in [9.17, 15) is 4.79 Å². The van der Waals surface area contributed by atoms with Crippen LogP contribution < -0.4 is 0 Å². The van der Waals surface area contributed by atoms with Crippen molar-refractivity contribution in [1.29, 1.82) is 0 Å². The summed E-state index contributed by atoms with van der Waals surface area (Å²) in [5, 5.41) is 1.91. The molecule has 1 fully saturated rings. The molecule has 1 aromatic carbocycles. The summed E-state index contributed by atoms with van der Waals surface area (Å²) in [6, 6.07) is 14.4. The number of rotatable bonds is 5. The Morgan fingerprint density at radius 3 is 2.75 bits per heavy atom. The molecule has 3 heterocycles. The van der Waals surface area contributed by atoms with Gasteiger partial charge in [0.15, 0.2) is 4.96 Å². The Morgan fingerprint density at radius 2 is 2.04 bits per heavy atom. The van der Waals surface area contributed by atoms with Crippen LogP contribution in [0.25, 0.3) is 16.2 Å². The lowest BCUT2D eigenvalue weighted by Gasteiger charge is -2.21. The van der Waals surface area contributed by atoms with Crippen molar-refractivity contribution < 1.29 is 4.79 Å². The average Bonchev–Trinajstić information content (AvgIpc) is 3.35. The molecule has 1 saturated carbocycles. The van der Waals surface area contributed by atoms with Crippen LogP contribution in [-0.4, -0.2) is 31.2 Å². The number of carbonyl (C=O) groups is 1. The quantitative estimate of drug-likeness (QED) is 0.503. The summed E-state index contributed by atoms with van der Waals surface area (Å²) in [4.78, 5) is 25.3. The molecule has 28 heavy (non-hydrogen) atoms. The van der Waals surface area contributed by atoms with Gasteiger partial charge in [0.25, 0.3) is 5.91 Å². The minimum atomic E-state index is 0.0484. The van der Waals surface area contributed by atoms with Gasteiger partial charge in [0.1, 0.15) is 5.69 Å². The van der Waals surface area contributed by atoms with Gasteiger partial charge in [0.05, 0.1) is 17.9 Å². The molecule has 5 nitrogen and oxygen atoms in total. The molecule has 6 heteroatoms. The second kappa shape index (κ2) is 6.87. The standard InChI is InChI=1S/C22H20N4OS/c1-15-5-7-16(8-6-15)19-13-26-20(14-28-22(26)24-19)21(27)25(18-9-10-18)12-17-4-2-3-11-23-17/h2-8,11,13-14,18H,9-10,12H2,1H3. The number of aromatic nitrogens is 3. The highest BCUT2D eigenvalue weighted by Crippen LogP contribution is 2.31. The summed E-state index contributed by atoms with van der Waals surface area (Å²) >= 11 is 1.51. The number of amides is 1. The molecule has 140 valence electrons. The lowest BCUT2D eigenvalue weighted by atomic mass is 10.1. The van der Waals surface area contributed by atoms with Gasteiger partial charge >= 0.3 is 0 Å². The number of aryl methyl sites for hydroxylation is 1. The van der Waals surface area contributed by atoms with E-state index in [0.29, 0.717) is 18.3 Å². The number of carbonyl (C=O) groups excluding carboxylic acids is 1. The molecule has 3 aromatic heterocycles. The highest BCUT2D eigenvalue weighted by molar-refractivity contribution is 7.15. The van der Waals surface area contributed by atoms with Crippen LogP contribution in [0.1, 0.15) is 34.6 Å². The van der Waals surface area contributed by atoms with Crippen molar-refractivity contribution in [3.8, 4) is 11.3 Å². The number of imidazole rings is 1. The summed E-state index contributed by atoms with van der Waals surface area (Å²) < 4.78 is 1.93. The maximum absolute atomic E-state index is 13.4. The van der Waals surface area contributed by atoms with Gasteiger partial charge in [-0.15, -0.1) is 11.3 Å². The zero-order valence-electron chi connectivity index (χ0n) is 15.6. The van der Waals surface area contributed by atoms with Gasteiger partial charge in [-0.2, -0.15) is 0 Å². The summed E-state index contributed by atoms with van der Waals surface area (Å²) in [5.41, 5.74) is 4.76. The third kappa shape index (κ3) is 3.20. The number of nitrogens with zero attached hydrogens (tertiary/aromatic N) is 4. The van der Waals surface area contributed by atoms with Gasteiger partial charge in [-0.3, -0.25) is 14.2 Å². The minimum absolute atomic E-state index is 0.0484. The molecule has 0 atom stereocenters. The Balaban J connectivity index is 1.47. The zero-order valence-corrected chi connectivity index (χ0v) is 16.4. The van der Waals surface area contributed by atoms with Gasteiger partial charge < -0.3 is 4.90 Å². The van der Waals surface area contributed by atoms with Crippen LogP contribution in [0.2, 0.25) is 0 Å². The molecular weight excluding hydrogens is 368 g/mol. The largest absolute Gasteiger partial charge is 0.328 e. The second-order valence-electron chi connectivity index (χ2n) is 7.25. The highest BCUT2D eigenvalue weighted by Gasteiger charge is 2.34. The topological polar surface area (TPSA) is 50.5 Å². The van der Waals surface area contributed by atoms with Crippen LogP contribution in [0.4, 0.5) is 0 Å².